The Morgan fingerprint density at radius 3 is 2.31 bits per heavy atom. The second-order valence-electron chi connectivity index (χ2n) is 8.92. The van der Waals surface area contributed by atoms with Gasteiger partial charge >= 0.3 is 0 Å². The van der Waals surface area contributed by atoms with E-state index in [2.05, 4.69) is 10.2 Å². The van der Waals surface area contributed by atoms with Crippen LogP contribution in [0.5, 0.6) is 0 Å². The Hall–Kier alpha value is -2.73. The monoisotopic (exact) mass is 437 g/mol. The Morgan fingerprint density at radius 2 is 1.62 bits per heavy atom. The van der Waals surface area contributed by atoms with Gasteiger partial charge in [0.2, 0.25) is 11.8 Å². The third-order valence-electron chi connectivity index (χ3n) is 6.73. The molecule has 1 saturated carbocycles. The van der Waals surface area contributed by atoms with Gasteiger partial charge < -0.3 is 10.2 Å². The van der Waals surface area contributed by atoms with Crippen LogP contribution in [0.25, 0.3) is 0 Å². The number of carbonyl (C=O) groups excluding carboxylic acids is 2. The molecule has 2 aromatic rings. The van der Waals surface area contributed by atoms with Crippen molar-refractivity contribution in [3.05, 3.63) is 71.5 Å². The van der Waals surface area contributed by atoms with Crippen LogP contribution in [0.15, 0.2) is 54.6 Å². The van der Waals surface area contributed by atoms with Gasteiger partial charge in [-0.25, -0.2) is 4.39 Å². The van der Waals surface area contributed by atoms with E-state index in [0.29, 0.717) is 45.1 Å². The summed E-state index contributed by atoms with van der Waals surface area (Å²) < 4.78 is 13.5. The van der Waals surface area contributed by atoms with Crippen molar-refractivity contribution < 1.29 is 14.0 Å². The molecular weight excluding hydrogens is 405 g/mol. The summed E-state index contributed by atoms with van der Waals surface area (Å²) >= 11 is 0. The lowest BCUT2D eigenvalue weighted by molar-refractivity contribution is -0.134. The first kappa shape index (κ1) is 22.5. The van der Waals surface area contributed by atoms with Gasteiger partial charge in [0.1, 0.15) is 5.82 Å². The van der Waals surface area contributed by atoms with Crippen LogP contribution in [0.1, 0.15) is 36.8 Å². The molecule has 2 fully saturated rings. The van der Waals surface area contributed by atoms with Gasteiger partial charge in [0.25, 0.3) is 0 Å². The van der Waals surface area contributed by atoms with E-state index in [9.17, 15) is 14.0 Å². The maximum atomic E-state index is 13.5. The second-order valence-corrected chi connectivity index (χ2v) is 8.92. The topological polar surface area (TPSA) is 52.7 Å². The van der Waals surface area contributed by atoms with Crippen molar-refractivity contribution in [1.82, 2.24) is 15.1 Å². The van der Waals surface area contributed by atoms with Crippen LogP contribution in [-0.2, 0) is 22.6 Å². The highest BCUT2D eigenvalue weighted by Gasteiger charge is 2.37. The van der Waals surface area contributed by atoms with Crippen molar-refractivity contribution >= 4 is 11.8 Å². The lowest BCUT2D eigenvalue weighted by Gasteiger charge is -2.40. The van der Waals surface area contributed by atoms with Gasteiger partial charge in [-0.15, -0.1) is 0 Å². The molecule has 2 aliphatic rings. The zero-order chi connectivity index (χ0) is 22.3. The SMILES string of the molecule is O=C(NCc1cccc(F)c1)[C@@H](C1CCCC1)N1CCN(C(=O)Cc2ccccc2)CC1. The molecule has 0 aromatic heterocycles. The normalized spacial score (nSPS) is 18.5. The summed E-state index contributed by atoms with van der Waals surface area (Å²) in [5.41, 5.74) is 1.79. The zero-order valence-corrected chi connectivity index (χ0v) is 18.5. The Balaban J connectivity index is 1.35. The number of hydrogen-bond donors (Lipinski definition) is 1. The number of nitrogens with zero attached hydrogens (tertiary/aromatic N) is 2. The maximum absolute atomic E-state index is 13.5. The van der Waals surface area contributed by atoms with Crippen molar-refractivity contribution in [2.75, 3.05) is 26.2 Å². The predicted octanol–water partition coefficient (Wildman–Crippen LogP) is 3.39. The minimum Gasteiger partial charge on any atom is -0.351 e. The molecule has 0 bridgehead atoms. The van der Waals surface area contributed by atoms with E-state index in [1.54, 1.807) is 6.07 Å². The van der Waals surface area contributed by atoms with E-state index in [-0.39, 0.29) is 23.7 Å². The first-order chi connectivity index (χ1) is 15.6. The molecule has 2 amide bonds. The van der Waals surface area contributed by atoms with E-state index in [0.717, 1.165) is 36.8 Å². The second kappa shape index (κ2) is 10.7. The minimum absolute atomic E-state index is 0.0187. The number of nitrogens with one attached hydrogen (secondary N) is 1. The highest BCUT2D eigenvalue weighted by molar-refractivity contribution is 5.82. The fraction of sp³-hybridized carbons (Fsp3) is 0.462. The van der Waals surface area contributed by atoms with E-state index in [1.165, 1.54) is 12.1 Å². The molecule has 0 unspecified atom stereocenters. The Bertz CT molecular complexity index is 906. The van der Waals surface area contributed by atoms with Gasteiger partial charge in [-0.05, 0) is 42.0 Å². The van der Waals surface area contributed by atoms with Gasteiger partial charge in [-0.1, -0.05) is 55.3 Å². The molecule has 1 saturated heterocycles. The quantitative estimate of drug-likeness (QED) is 0.723. The average molecular weight is 438 g/mol. The summed E-state index contributed by atoms with van der Waals surface area (Å²) in [4.78, 5) is 30.1. The van der Waals surface area contributed by atoms with Gasteiger partial charge in [0.15, 0.2) is 0 Å². The van der Waals surface area contributed by atoms with Crippen molar-refractivity contribution in [3.8, 4) is 0 Å². The summed E-state index contributed by atoms with van der Waals surface area (Å²) in [7, 11) is 0. The Morgan fingerprint density at radius 1 is 0.938 bits per heavy atom. The average Bonchev–Trinajstić information content (AvgIpc) is 3.33. The molecule has 0 radical (unpaired) electrons. The van der Waals surface area contributed by atoms with E-state index in [1.807, 2.05) is 41.3 Å². The van der Waals surface area contributed by atoms with Crippen LogP contribution in [0.4, 0.5) is 4.39 Å². The molecule has 1 aliphatic heterocycles. The molecule has 170 valence electrons. The molecule has 32 heavy (non-hydrogen) atoms. The number of carbonyl (C=O) groups is 2. The third kappa shape index (κ3) is 5.74. The van der Waals surface area contributed by atoms with Crippen molar-refractivity contribution in [1.29, 1.82) is 0 Å². The standard InChI is InChI=1S/C26H32FN3O2/c27-23-12-6-9-21(17-23)19-28-26(32)25(22-10-4-5-11-22)30-15-13-29(14-16-30)24(31)18-20-7-2-1-3-8-20/h1-3,6-9,12,17,22,25H,4-5,10-11,13-16,18-19H2,(H,28,32)/t25-/m1/s1. The molecule has 4 rings (SSSR count). The Labute approximate surface area is 189 Å². The molecule has 1 heterocycles. The molecule has 1 atom stereocenters. The third-order valence-corrected chi connectivity index (χ3v) is 6.73. The highest BCUT2D eigenvalue weighted by atomic mass is 19.1. The van der Waals surface area contributed by atoms with E-state index >= 15 is 0 Å². The van der Waals surface area contributed by atoms with Gasteiger partial charge in [-0.3, -0.25) is 14.5 Å². The fourth-order valence-corrected chi connectivity index (χ4v) is 5.02. The zero-order valence-electron chi connectivity index (χ0n) is 18.5. The fourth-order valence-electron chi connectivity index (χ4n) is 5.02. The van der Waals surface area contributed by atoms with Crippen LogP contribution in [0, 0.1) is 11.7 Å². The number of amides is 2. The van der Waals surface area contributed by atoms with Gasteiger partial charge in [0, 0.05) is 32.7 Å². The Kier molecular flexibility index (Phi) is 7.53. The van der Waals surface area contributed by atoms with Crippen LogP contribution in [0.2, 0.25) is 0 Å². The lowest BCUT2D eigenvalue weighted by Crippen LogP contribution is -2.58. The summed E-state index contributed by atoms with van der Waals surface area (Å²) in [6, 6.07) is 16.0. The summed E-state index contributed by atoms with van der Waals surface area (Å²) in [6.07, 6.45) is 4.86. The lowest BCUT2D eigenvalue weighted by atomic mass is 9.94. The smallest absolute Gasteiger partial charge is 0.237 e. The van der Waals surface area contributed by atoms with Gasteiger partial charge in [-0.2, -0.15) is 0 Å². The highest BCUT2D eigenvalue weighted by Crippen LogP contribution is 2.31. The molecule has 6 heteroatoms. The number of halogens is 1. The van der Waals surface area contributed by atoms with Crippen LogP contribution < -0.4 is 5.32 Å². The molecule has 1 aliphatic carbocycles. The molecule has 0 spiro atoms. The molecule has 1 N–H and O–H groups in total. The minimum atomic E-state index is -0.291. The first-order valence-corrected chi connectivity index (χ1v) is 11.7. The van der Waals surface area contributed by atoms with E-state index < -0.39 is 0 Å². The molecule has 5 nitrogen and oxygen atoms in total. The number of rotatable bonds is 7. The number of benzene rings is 2. The molecule has 2 aromatic carbocycles. The van der Waals surface area contributed by atoms with Crippen molar-refractivity contribution in [3.63, 3.8) is 0 Å². The summed E-state index contributed by atoms with van der Waals surface area (Å²) in [5, 5.41) is 3.04. The van der Waals surface area contributed by atoms with Crippen LogP contribution in [0.3, 0.4) is 0 Å². The largest absolute Gasteiger partial charge is 0.351 e. The van der Waals surface area contributed by atoms with Crippen LogP contribution >= 0.6 is 0 Å². The molecular formula is C26H32FN3O2. The van der Waals surface area contributed by atoms with Crippen molar-refractivity contribution in [2.24, 2.45) is 5.92 Å². The van der Waals surface area contributed by atoms with Gasteiger partial charge in [0.05, 0.1) is 12.5 Å². The summed E-state index contributed by atoms with van der Waals surface area (Å²) in [5.74, 6) is 0.212. The number of hydrogen-bond acceptors (Lipinski definition) is 3. The van der Waals surface area contributed by atoms with E-state index in [4.69, 9.17) is 0 Å². The summed E-state index contributed by atoms with van der Waals surface area (Å²) in [6.45, 7) is 3.03. The first-order valence-electron chi connectivity index (χ1n) is 11.7. The predicted molar refractivity (Wildman–Crippen MR) is 122 cm³/mol. The van der Waals surface area contributed by atoms with Crippen molar-refractivity contribution in [2.45, 2.75) is 44.7 Å². The van der Waals surface area contributed by atoms with Crippen LogP contribution in [-0.4, -0.2) is 53.8 Å². The number of piperazine rings is 1. The maximum Gasteiger partial charge on any atom is 0.237 e.